The summed E-state index contributed by atoms with van der Waals surface area (Å²) in [5.41, 5.74) is -0.372. The van der Waals surface area contributed by atoms with Gasteiger partial charge < -0.3 is 10.6 Å². The fourth-order valence-electron chi connectivity index (χ4n) is 3.01. The summed E-state index contributed by atoms with van der Waals surface area (Å²) in [6.45, 7) is 2.71. The van der Waals surface area contributed by atoms with Crippen LogP contribution in [0.1, 0.15) is 45.4 Å². The highest BCUT2D eigenvalue weighted by molar-refractivity contribution is 5.93. The Hall–Kier alpha value is -2.05. The Morgan fingerprint density at radius 1 is 1.00 bits per heavy atom. The molecule has 0 saturated heterocycles. The van der Waals surface area contributed by atoms with E-state index in [1.54, 1.807) is 0 Å². The molecule has 1 aromatic rings. The van der Waals surface area contributed by atoms with E-state index >= 15 is 0 Å². The largest absolute Gasteiger partial charge is 0.356 e. The number of hydrogen-bond acceptors (Lipinski definition) is 2. The minimum Gasteiger partial charge on any atom is -0.356 e. The van der Waals surface area contributed by atoms with Crippen LogP contribution >= 0.6 is 0 Å². The molecule has 0 spiro atoms. The third-order valence-corrected chi connectivity index (χ3v) is 4.59. The summed E-state index contributed by atoms with van der Waals surface area (Å²) in [6.07, 6.45) is 4.11. The molecule has 0 aromatic heterocycles. The van der Waals surface area contributed by atoms with E-state index in [1.807, 2.05) is 6.92 Å². The second-order valence-corrected chi connectivity index (χ2v) is 6.41. The van der Waals surface area contributed by atoms with E-state index in [4.69, 9.17) is 0 Å². The fraction of sp³-hybridized carbons (Fsp3) is 0.556. The number of nitrogens with one attached hydrogen (secondary N) is 2. The molecule has 1 aliphatic rings. The van der Waals surface area contributed by atoms with E-state index in [0.717, 1.165) is 25.0 Å². The third kappa shape index (κ3) is 4.96. The number of unbranched alkanes of at least 4 members (excludes halogenated alkanes) is 1. The van der Waals surface area contributed by atoms with Crippen LogP contribution in [-0.2, 0) is 9.59 Å². The first kappa shape index (κ1) is 19.3. The molecule has 0 atom stereocenters. The van der Waals surface area contributed by atoms with Gasteiger partial charge in [0.05, 0.1) is 5.69 Å². The first-order valence-corrected chi connectivity index (χ1v) is 8.66. The van der Waals surface area contributed by atoms with Crippen LogP contribution < -0.4 is 10.6 Å². The molecule has 2 rings (SSSR count). The Kier molecular flexibility index (Phi) is 6.84. The molecule has 0 aliphatic heterocycles. The summed E-state index contributed by atoms with van der Waals surface area (Å²) in [6, 6.07) is 1.77. The molecule has 2 amide bonds. The number of carbonyl (C=O) groups excluding carboxylic acids is 2. The van der Waals surface area contributed by atoms with Crippen LogP contribution in [0.3, 0.4) is 0 Å². The SMILES string of the molecule is CCCCNC(=O)C1CCC(C(=O)Nc2ccc(F)c(F)c2F)CC1. The van der Waals surface area contributed by atoms with Gasteiger partial charge in [0.25, 0.3) is 0 Å². The van der Waals surface area contributed by atoms with Gasteiger partial charge in [-0.2, -0.15) is 0 Å². The summed E-state index contributed by atoms with van der Waals surface area (Å²) >= 11 is 0. The van der Waals surface area contributed by atoms with Crippen LogP contribution in [0.5, 0.6) is 0 Å². The van der Waals surface area contributed by atoms with Gasteiger partial charge in [-0.15, -0.1) is 0 Å². The Morgan fingerprint density at radius 3 is 2.20 bits per heavy atom. The summed E-state index contributed by atoms with van der Waals surface area (Å²) in [5, 5.41) is 5.20. The molecule has 0 radical (unpaired) electrons. The average Bonchev–Trinajstić information content (AvgIpc) is 2.62. The standard InChI is InChI=1S/C18H23F3N2O2/c1-2-3-10-22-17(24)11-4-6-12(7-5-11)18(25)23-14-9-8-13(19)15(20)16(14)21/h8-9,11-12H,2-7,10H2,1H3,(H,22,24)(H,23,25). The fourth-order valence-corrected chi connectivity index (χ4v) is 3.01. The maximum Gasteiger partial charge on any atom is 0.227 e. The van der Waals surface area contributed by atoms with Crippen LogP contribution in [-0.4, -0.2) is 18.4 Å². The molecule has 7 heteroatoms. The van der Waals surface area contributed by atoms with E-state index in [-0.39, 0.29) is 23.4 Å². The van der Waals surface area contributed by atoms with Crippen molar-refractivity contribution >= 4 is 17.5 Å². The van der Waals surface area contributed by atoms with E-state index in [1.165, 1.54) is 0 Å². The third-order valence-electron chi connectivity index (χ3n) is 4.59. The summed E-state index contributed by atoms with van der Waals surface area (Å²) in [5.74, 6) is -5.21. The monoisotopic (exact) mass is 356 g/mol. The molecule has 0 unspecified atom stereocenters. The Balaban J connectivity index is 1.85. The molecule has 1 aromatic carbocycles. The molecule has 1 saturated carbocycles. The van der Waals surface area contributed by atoms with Crippen LogP contribution in [0.4, 0.5) is 18.9 Å². The smallest absolute Gasteiger partial charge is 0.227 e. The maximum atomic E-state index is 13.6. The van der Waals surface area contributed by atoms with Gasteiger partial charge in [0.2, 0.25) is 11.8 Å². The van der Waals surface area contributed by atoms with Crippen molar-refractivity contribution in [2.75, 3.05) is 11.9 Å². The van der Waals surface area contributed by atoms with Gasteiger partial charge in [-0.25, -0.2) is 13.2 Å². The van der Waals surface area contributed by atoms with E-state index in [2.05, 4.69) is 10.6 Å². The predicted octanol–water partition coefficient (Wildman–Crippen LogP) is 3.77. The first-order chi connectivity index (χ1) is 11.9. The van der Waals surface area contributed by atoms with Crippen molar-refractivity contribution in [2.45, 2.75) is 45.4 Å². The second kappa shape index (κ2) is 8.87. The zero-order chi connectivity index (χ0) is 18.4. The molecule has 1 fully saturated rings. The van der Waals surface area contributed by atoms with Crippen LogP contribution in [0, 0.1) is 29.3 Å². The van der Waals surface area contributed by atoms with Gasteiger partial charge in [-0.05, 0) is 44.2 Å². The highest BCUT2D eigenvalue weighted by atomic mass is 19.2. The maximum absolute atomic E-state index is 13.6. The minimum atomic E-state index is -1.61. The van der Waals surface area contributed by atoms with Crippen LogP contribution in [0.15, 0.2) is 12.1 Å². The molecule has 0 heterocycles. The Labute approximate surface area is 145 Å². The van der Waals surface area contributed by atoms with Crippen LogP contribution in [0.2, 0.25) is 0 Å². The van der Waals surface area contributed by atoms with E-state index < -0.39 is 23.4 Å². The van der Waals surface area contributed by atoms with Gasteiger partial charge in [0.15, 0.2) is 17.5 Å². The highest BCUT2D eigenvalue weighted by Crippen LogP contribution is 2.30. The number of anilines is 1. The zero-order valence-corrected chi connectivity index (χ0v) is 14.2. The molecular weight excluding hydrogens is 333 g/mol. The number of rotatable bonds is 6. The van der Waals surface area contributed by atoms with Crippen molar-refractivity contribution in [3.05, 3.63) is 29.6 Å². The van der Waals surface area contributed by atoms with Crippen molar-refractivity contribution < 1.29 is 22.8 Å². The van der Waals surface area contributed by atoms with Crippen LogP contribution in [0.25, 0.3) is 0 Å². The average molecular weight is 356 g/mol. The van der Waals surface area contributed by atoms with Crippen molar-refractivity contribution in [1.29, 1.82) is 0 Å². The molecule has 25 heavy (non-hydrogen) atoms. The second-order valence-electron chi connectivity index (χ2n) is 6.41. The minimum absolute atomic E-state index is 0.0129. The van der Waals surface area contributed by atoms with Crippen molar-refractivity contribution in [1.82, 2.24) is 5.32 Å². The van der Waals surface area contributed by atoms with Crippen molar-refractivity contribution in [3.8, 4) is 0 Å². The number of amides is 2. The molecule has 0 bridgehead atoms. The number of benzene rings is 1. The Morgan fingerprint density at radius 2 is 1.60 bits per heavy atom. The quantitative estimate of drug-likeness (QED) is 0.602. The van der Waals surface area contributed by atoms with Gasteiger partial charge in [0, 0.05) is 18.4 Å². The first-order valence-electron chi connectivity index (χ1n) is 8.66. The lowest BCUT2D eigenvalue weighted by Gasteiger charge is -2.27. The van der Waals surface area contributed by atoms with Crippen molar-refractivity contribution in [3.63, 3.8) is 0 Å². The van der Waals surface area contributed by atoms with Gasteiger partial charge in [-0.1, -0.05) is 13.3 Å². The molecule has 138 valence electrons. The lowest BCUT2D eigenvalue weighted by Crippen LogP contribution is -2.36. The number of hydrogen-bond donors (Lipinski definition) is 2. The molecular formula is C18H23F3N2O2. The summed E-state index contributed by atoms with van der Waals surface area (Å²) in [4.78, 5) is 24.2. The predicted molar refractivity (Wildman–Crippen MR) is 88.3 cm³/mol. The molecule has 4 nitrogen and oxygen atoms in total. The van der Waals surface area contributed by atoms with E-state index in [0.29, 0.717) is 32.2 Å². The Bertz CT molecular complexity index is 629. The van der Waals surface area contributed by atoms with Gasteiger partial charge in [-0.3, -0.25) is 9.59 Å². The molecule has 1 aliphatic carbocycles. The lowest BCUT2D eigenvalue weighted by molar-refractivity contribution is -0.128. The molecule has 2 N–H and O–H groups in total. The summed E-state index contributed by atoms with van der Waals surface area (Å²) in [7, 11) is 0. The van der Waals surface area contributed by atoms with Crippen molar-refractivity contribution in [2.24, 2.45) is 11.8 Å². The number of carbonyl (C=O) groups is 2. The topological polar surface area (TPSA) is 58.2 Å². The number of halogens is 3. The highest BCUT2D eigenvalue weighted by Gasteiger charge is 2.30. The van der Waals surface area contributed by atoms with Gasteiger partial charge in [0.1, 0.15) is 0 Å². The van der Waals surface area contributed by atoms with Gasteiger partial charge >= 0.3 is 0 Å². The van der Waals surface area contributed by atoms with E-state index in [9.17, 15) is 22.8 Å². The summed E-state index contributed by atoms with van der Waals surface area (Å²) < 4.78 is 39.7. The lowest BCUT2D eigenvalue weighted by atomic mass is 9.81. The normalized spacial score (nSPS) is 20.2. The zero-order valence-electron chi connectivity index (χ0n) is 14.2.